The highest BCUT2D eigenvalue weighted by atomic mass is 32.2. The third kappa shape index (κ3) is 4.95. The number of allylic oxidation sites excluding steroid dienone is 1. The minimum absolute atomic E-state index is 0.0451. The number of thioether (sulfide) groups is 1. The quantitative estimate of drug-likeness (QED) is 0.451. The van der Waals surface area contributed by atoms with Crippen LogP contribution in [0, 0.1) is 5.92 Å². The molecule has 0 spiro atoms. The van der Waals surface area contributed by atoms with Gasteiger partial charge in [0.2, 0.25) is 5.91 Å². The molecule has 0 bridgehead atoms. The van der Waals surface area contributed by atoms with Gasteiger partial charge >= 0.3 is 5.97 Å². The molecule has 3 rings (SSSR count). The Hall–Kier alpha value is -2.54. The summed E-state index contributed by atoms with van der Waals surface area (Å²) in [4.78, 5) is 31.8. The van der Waals surface area contributed by atoms with E-state index in [1.54, 1.807) is 11.8 Å². The third-order valence-corrected chi connectivity index (χ3v) is 5.87. The predicted octanol–water partition coefficient (Wildman–Crippen LogP) is 4.49. The van der Waals surface area contributed by atoms with Crippen LogP contribution in [0.4, 0.5) is 0 Å². The molecular weight excluding hydrogens is 400 g/mol. The molecule has 0 unspecified atom stereocenters. The zero-order chi connectivity index (χ0) is 21.7. The second-order valence-corrected chi connectivity index (χ2v) is 8.71. The fourth-order valence-corrected chi connectivity index (χ4v) is 4.35. The molecule has 160 valence electrons. The van der Waals surface area contributed by atoms with Crippen LogP contribution in [0.1, 0.15) is 45.2 Å². The average molecular weight is 429 g/mol. The number of carbonyl (C=O) groups excluding carboxylic acids is 2. The molecule has 30 heavy (non-hydrogen) atoms. The number of rotatable bonds is 8. The maximum atomic E-state index is 12.8. The summed E-state index contributed by atoms with van der Waals surface area (Å²) in [5.74, 6) is 1.49. The van der Waals surface area contributed by atoms with E-state index in [0.29, 0.717) is 41.1 Å². The molecule has 7 heteroatoms. The van der Waals surface area contributed by atoms with E-state index >= 15 is 0 Å². The van der Waals surface area contributed by atoms with Gasteiger partial charge in [-0.25, -0.2) is 9.79 Å². The number of ether oxygens (including phenoxy) is 2. The third-order valence-electron chi connectivity index (χ3n) is 4.92. The molecule has 2 heterocycles. The molecule has 2 aliphatic heterocycles. The van der Waals surface area contributed by atoms with Crippen molar-refractivity contribution in [2.45, 2.75) is 39.7 Å². The van der Waals surface area contributed by atoms with Gasteiger partial charge in [-0.1, -0.05) is 50.4 Å². The Morgan fingerprint density at radius 3 is 2.77 bits per heavy atom. The van der Waals surface area contributed by atoms with Crippen molar-refractivity contribution in [3.63, 3.8) is 0 Å². The Labute approximate surface area is 182 Å². The maximum absolute atomic E-state index is 12.8. The van der Waals surface area contributed by atoms with Crippen LogP contribution in [0.15, 0.2) is 53.2 Å². The van der Waals surface area contributed by atoms with E-state index in [1.165, 1.54) is 17.8 Å². The van der Waals surface area contributed by atoms with Crippen molar-refractivity contribution < 1.29 is 19.1 Å². The summed E-state index contributed by atoms with van der Waals surface area (Å²) < 4.78 is 11.1. The van der Waals surface area contributed by atoms with Gasteiger partial charge in [0.1, 0.15) is 12.4 Å². The first-order chi connectivity index (χ1) is 14.4. The van der Waals surface area contributed by atoms with Gasteiger partial charge in [-0.05, 0) is 37.0 Å². The number of hydrogen-bond acceptors (Lipinski definition) is 6. The summed E-state index contributed by atoms with van der Waals surface area (Å²) in [5, 5.41) is 0.631. The lowest BCUT2D eigenvalue weighted by Gasteiger charge is -2.38. The largest absolute Gasteiger partial charge is 0.494 e. The zero-order valence-electron chi connectivity index (χ0n) is 17.7. The first kappa shape index (κ1) is 22.2. The van der Waals surface area contributed by atoms with Crippen molar-refractivity contribution in [2.24, 2.45) is 10.9 Å². The van der Waals surface area contributed by atoms with Crippen LogP contribution >= 0.6 is 11.8 Å². The minimum Gasteiger partial charge on any atom is -0.494 e. The van der Waals surface area contributed by atoms with Gasteiger partial charge in [0, 0.05) is 12.2 Å². The molecule has 0 saturated carbocycles. The van der Waals surface area contributed by atoms with Crippen LogP contribution in [0.2, 0.25) is 0 Å². The number of benzene rings is 1. The number of esters is 1. The molecular formula is C23H28N2O4S. The van der Waals surface area contributed by atoms with Crippen LogP contribution in [0.5, 0.6) is 5.75 Å². The van der Waals surface area contributed by atoms with Crippen molar-refractivity contribution in [2.75, 3.05) is 19.0 Å². The molecule has 1 saturated heterocycles. The van der Waals surface area contributed by atoms with Gasteiger partial charge < -0.3 is 9.47 Å². The molecule has 0 aliphatic carbocycles. The Bertz CT molecular complexity index is 874. The van der Waals surface area contributed by atoms with E-state index in [2.05, 4.69) is 25.4 Å². The van der Waals surface area contributed by atoms with Gasteiger partial charge in [0.15, 0.2) is 5.17 Å². The molecule has 0 N–H and O–H groups in total. The highest BCUT2D eigenvalue weighted by Gasteiger charge is 2.41. The van der Waals surface area contributed by atoms with E-state index < -0.39 is 12.0 Å². The molecule has 1 amide bonds. The zero-order valence-corrected chi connectivity index (χ0v) is 18.5. The number of amides is 1. The minimum atomic E-state index is -0.570. The van der Waals surface area contributed by atoms with E-state index in [4.69, 9.17) is 9.47 Å². The summed E-state index contributed by atoms with van der Waals surface area (Å²) in [5.41, 5.74) is 1.77. The second kappa shape index (κ2) is 9.98. The van der Waals surface area contributed by atoms with Crippen molar-refractivity contribution in [1.82, 2.24) is 4.90 Å². The SMILES string of the molecule is C=CCOC(=O)C1=C(C)N=C2SCCC(=O)N2[C@H]1c1ccc(OCCC(C)C)cc1. The van der Waals surface area contributed by atoms with Crippen molar-refractivity contribution in [1.29, 1.82) is 0 Å². The van der Waals surface area contributed by atoms with Gasteiger partial charge in [0.25, 0.3) is 0 Å². The first-order valence-electron chi connectivity index (χ1n) is 10.2. The van der Waals surface area contributed by atoms with Crippen LogP contribution in [-0.2, 0) is 14.3 Å². The molecule has 0 radical (unpaired) electrons. The number of hydrogen-bond donors (Lipinski definition) is 0. The number of nitrogens with zero attached hydrogens (tertiary/aromatic N) is 2. The van der Waals surface area contributed by atoms with E-state index in [-0.39, 0.29) is 12.5 Å². The Morgan fingerprint density at radius 2 is 2.10 bits per heavy atom. The molecule has 0 aromatic heterocycles. The molecule has 2 aliphatic rings. The lowest BCUT2D eigenvalue weighted by Crippen LogP contribution is -2.45. The van der Waals surface area contributed by atoms with E-state index in [0.717, 1.165) is 17.7 Å². The van der Waals surface area contributed by atoms with E-state index in [9.17, 15) is 9.59 Å². The predicted molar refractivity (Wildman–Crippen MR) is 119 cm³/mol. The molecule has 1 aromatic rings. The molecule has 1 atom stereocenters. The molecule has 1 fully saturated rings. The van der Waals surface area contributed by atoms with Crippen LogP contribution < -0.4 is 4.74 Å². The van der Waals surface area contributed by atoms with Gasteiger partial charge in [-0.3, -0.25) is 9.69 Å². The van der Waals surface area contributed by atoms with Crippen molar-refractivity contribution in [3.8, 4) is 5.75 Å². The number of carbonyl (C=O) groups is 2. The maximum Gasteiger partial charge on any atom is 0.338 e. The van der Waals surface area contributed by atoms with Crippen molar-refractivity contribution >= 4 is 28.8 Å². The lowest BCUT2D eigenvalue weighted by molar-refractivity contribution is -0.139. The Kier molecular flexibility index (Phi) is 7.37. The standard InChI is InChI=1S/C23H28N2O4S/c1-5-12-29-22(27)20-16(4)24-23-25(19(26)11-14-30-23)21(20)17-6-8-18(9-7-17)28-13-10-15(2)3/h5-9,15,21H,1,10-14H2,2-4H3/t21-/m0/s1. The highest BCUT2D eigenvalue weighted by Crippen LogP contribution is 2.40. The molecule has 1 aromatic carbocycles. The monoisotopic (exact) mass is 428 g/mol. The second-order valence-electron chi connectivity index (χ2n) is 7.65. The normalized spacial score (nSPS) is 18.8. The van der Waals surface area contributed by atoms with Crippen LogP contribution in [0.3, 0.4) is 0 Å². The van der Waals surface area contributed by atoms with Gasteiger partial charge in [0.05, 0.1) is 23.9 Å². The topological polar surface area (TPSA) is 68.2 Å². The average Bonchev–Trinajstić information content (AvgIpc) is 2.71. The van der Waals surface area contributed by atoms with Gasteiger partial charge in [-0.15, -0.1) is 0 Å². The molecule has 6 nitrogen and oxygen atoms in total. The number of aliphatic imine (C=N–C) groups is 1. The summed E-state index contributed by atoms with van der Waals surface area (Å²) in [6.07, 6.45) is 2.90. The van der Waals surface area contributed by atoms with Crippen LogP contribution in [-0.4, -0.2) is 40.9 Å². The van der Waals surface area contributed by atoms with E-state index in [1.807, 2.05) is 24.3 Å². The summed E-state index contributed by atoms with van der Waals surface area (Å²) >= 11 is 1.53. The Balaban J connectivity index is 1.93. The smallest absolute Gasteiger partial charge is 0.338 e. The summed E-state index contributed by atoms with van der Waals surface area (Å²) in [7, 11) is 0. The fourth-order valence-electron chi connectivity index (χ4n) is 3.34. The number of amidine groups is 1. The lowest BCUT2D eigenvalue weighted by atomic mass is 9.94. The Morgan fingerprint density at radius 1 is 1.37 bits per heavy atom. The van der Waals surface area contributed by atoms with Gasteiger partial charge in [-0.2, -0.15) is 0 Å². The fraction of sp³-hybridized carbons (Fsp3) is 0.435. The number of fused-ring (bicyclic) bond motifs is 1. The summed E-state index contributed by atoms with van der Waals surface area (Å²) in [6.45, 7) is 10.4. The first-order valence-corrected chi connectivity index (χ1v) is 11.2. The van der Waals surface area contributed by atoms with Crippen LogP contribution in [0.25, 0.3) is 0 Å². The highest BCUT2D eigenvalue weighted by molar-refractivity contribution is 8.14. The van der Waals surface area contributed by atoms with Crippen molar-refractivity contribution in [3.05, 3.63) is 53.8 Å². The summed E-state index contributed by atoms with van der Waals surface area (Å²) in [6, 6.07) is 6.99.